The van der Waals surface area contributed by atoms with Crippen LogP contribution in [0.3, 0.4) is 0 Å². The van der Waals surface area contributed by atoms with Crippen LogP contribution in [0.25, 0.3) is 0 Å². The number of aromatic nitrogens is 2. The molecule has 1 aromatic heterocycles. The lowest BCUT2D eigenvalue weighted by Gasteiger charge is -2.24. The first-order valence-electron chi connectivity index (χ1n) is 11.9. The third kappa shape index (κ3) is 5.11. The lowest BCUT2D eigenvalue weighted by atomic mass is 10.1. The van der Waals surface area contributed by atoms with Gasteiger partial charge in [0.2, 0.25) is 5.95 Å². The Bertz CT molecular complexity index is 1270. The van der Waals surface area contributed by atoms with Gasteiger partial charge in [0.15, 0.2) is 0 Å². The predicted octanol–water partition coefficient (Wildman–Crippen LogP) is 3.09. The zero-order valence-electron chi connectivity index (χ0n) is 20.2. The van der Waals surface area contributed by atoms with Gasteiger partial charge in [0, 0.05) is 30.9 Å². The van der Waals surface area contributed by atoms with Crippen LogP contribution in [0.2, 0.25) is 0 Å². The van der Waals surface area contributed by atoms with Gasteiger partial charge in [-0.1, -0.05) is 12.8 Å². The van der Waals surface area contributed by atoms with Crippen LogP contribution < -0.4 is 36.4 Å². The van der Waals surface area contributed by atoms with Crippen molar-refractivity contribution in [2.45, 2.75) is 45.6 Å². The van der Waals surface area contributed by atoms with Gasteiger partial charge in [-0.25, -0.2) is 4.98 Å². The number of carbonyl (C=O) groups excluding carboxylic acids is 1. The molecule has 1 heterocycles. The normalized spacial score (nSPS) is 13.6. The molecule has 1 fully saturated rings. The molecule has 0 bridgehead atoms. The van der Waals surface area contributed by atoms with Gasteiger partial charge < -0.3 is 25.6 Å². The third-order valence-electron chi connectivity index (χ3n) is 6.27. The van der Waals surface area contributed by atoms with Crippen molar-refractivity contribution in [1.82, 2.24) is 15.3 Å². The van der Waals surface area contributed by atoms with Crippen molar-refractivity contribution >= 4 is 34.7 Å². The van der Waals surface area contributed by atoms with E-state index in [2.05, 4.69) is 25.9 Å². The van der Waals surface area contributed by atoms with Crippen molar-refractivity contribution in [2.24, 2.45) is 0 Å². The number of benzene rings is 1. The van der Waals surface area contributed by atoms with Crippen LogP contribution in [0.5, 0.6) is 5.75 Å². The molecule has 0 aliphatic heterocycles. The van der Waals surface area contributed by atoms with Gasteiger partial charge >= 0.3 is 0 Å². The van der Waals surface area contributed by atoms with E-state index in [0.717, 1.165) is 25.7 Å². The van der Waals surface area contributed by atoms with Crippen LogP contribution in [0.4, 0.5) is 28.8 Å². The number of ether oxygens (including phenoxy) is 1. The lowest BCUT2D eigenvalue weighted by molar-refractivity contribution is 0.0937. The van der Waals surface area contributed by atoms with Crippen molar-refractivity contribution in [3.05, 3.63) is 56.5 Å². The second-order valence-electron chi connectivity index (χ2n) is 8.44. The summed E-state index contributed by atoms with van der Waals surface area (Å²) in [4.78, 5) is 47.3. The molecule has 0 unspecified atom stereocenters. The highest BCUT2D eigenvalue weighted by Crippen LogP contribution is 2.29. The van der Waals surface area contributed by atoms with Crippen molar-refractivity contribution in [1.29, 1.82) is 0 Å². The fourth-order valence-electron chi connectivity index (χ4n) is 4.35. The van der Waals surface area contributed by atoms with Gasteiger partial charge in [-0.05, 0) is 51.0 Å². The Morgan fingerprint density at radius 3 is 2.51 bits per heavy atom. The number of anilines is 5. The first-order chi connectivity index (χ1) is 16.9. The number of amides is 1. The highest BCUT2D eigenvalue weighted by Gasteiger charge is 2.25. The van der Waals surface area contributed by atoms with E-state index in [4.69, 9.17) is 4.74 Å². The molecule has 184 valence electrons. The molecular weight excluding hydrogens is 448 g/mol. The Kier molecular flexibility index (Phi) is 7.28. The standard InChI is InChI=1S/C25H30N6O4/c1-4-31(5-2)21-20(22(32)23(21)33)29-19-12-13-26-25(30-19)28-17-11-10-15(14-18(17)35-3)24(34)27-16-8-6-7-9-16/h10-14,16H,4-9H2,1-3H3,(H,27,34)(H2,26,28,29,30). The van der Waals surface area contributed by atoms with Crippen LogP contribution in [-0.4, -0.2) is 42.1 Å². The summed E-state index contributed by atoms with van der Waals surface area (Å²) in [5.74, 6) is 0.979. The Balaban J connectivity index is 1.50. The molecule has 0 saturated heterocycles. The second kappa shape index (κ2) is 10.5. The summed E-state index contributed by atoms with van der Waals surface area (Å²) in [6.45, 7) is 5.07. The van der Waals surface area contributed by atoms with Gasteiger partial charge in [-0.3, -0.25) is 14.4 Å². The summed E-state index contributed by atoms with van der Waals surface area (Å²) in [6, 6.07) is 6.97. The number of nitrogens with zero attached hydrogens (tertiary/aromatic N) is 3. The molecule has 0 atom stereocenters. The van der Waals surface area contributed by atoms with Crippen LogP contribution in [0.1, 0.15) is 49.9 Å². The number of nitrogens with one attached hydrogen (secondary N) is 3. The van der Waals surface area contributed by atoms with E-state index < -0.39 is 10.9 Å². The SMILES string of the molecule is CCN(CC)c1c(Nc2ccnc(Nc3ccc(C(=O)NC4CCCC4)cc3OC)n2)c(=O)c1=O. The minimum absolute atomic E-state index is 0.124. The first-order valence-corrected chi connectivity index (χ1v) is 11.9. The molecule has 35 heavy (non-hydrogen) atoms. The van der Waals surface area contributed by atoms with Crippen molar-refractivity contribution in [3.8, 4) is 5.75 Å². The quantitative estimate of drug-likeness (QED) is 0.377. The molecule has 0 radical (unpaired) electrons. The number of carbonyl (C=O) groups is 1. The zero-order chi connectivity index (χ0) is 24.9. The average molecular weight is 479 g/mol. The Labute approximate surface area is 203 Å². The van der Waals surface area contributed by atoms with E-state index >= 15 is 0 Å². The zero-order valence-corrected chi connectivity index (χ0v) is 20.2. The maximum Gasteiger partial charge on any atom is 0.253 e. The smallest absolute Gasteiger partial charge is 0.253 e. The summed E-state index contributed by atoms with van der Waals surface area (Å²) >= 11 is 0. The molecule has 4 rings (SSSR count). The van der Waals surface area contributed by atoms with Gasteiger partial charge in [0.1, 0.15) is 22.9 Å². The van der Waals surface area contributed by atoms with Crippen molar-refractivity contribution in [2.75, 3.05) is 35.7 Å². The van der Waals surface area contributed by atoms with Crippen LogP contribution in [0.15, 0.2) is 40.1 Å². The second-order valence-corrected chi connectivity index (χ2v) is 8.44. The van der Waals surface area contributed by atoms with Crippen LogP contribution in [-0.2, 0) is 0 Å². The predicted molar refractivity (Wildman–Crippen MR) is 136 cm³/mol. The molecular formula is C25H30N6O4. The number of hydrogen-bond acceptors (Lipinski definition) is 9. The number of methoxy groups -OCH3 is 1. The molecule has 10 heteroatoms. The van der Waals surface area contributed by atoms with Crippen molar-refractivity contribution < 1.29 is 9.53 Å². The van der Waals surface area contributed by atoms with Gasteiger partial charge in [-0.2, -0.15) is 4.98 Å². The largest absolute Gasteiger partial charge is 0.495 e. The Morgan fingerprint density at radius 2 is 1.83 bits per heavy atom. The maximum atomic E-state index is 12.6. The Hall–Kier alpha value is -3.95. The topological polar surface area (TPSA) is 126 Å². The molecule has 1 aliphatic carbocycles. The lowest BCUT2D eigenvalue weighted by Crippen LogP contribution is -2.42. The van der Waals surface area contributed by atoms with E-state index in [0.29, 0.717) is 41.6 Å². The van der Waals surface area contributed by atoms with E-state index in [1.165, 1.54) is 13.3 Å². The van der Waals surface area contributed by atoms with E-state index in [1.54, 1.807) is 24.3 Å². The minimum Gasteiger partial charge on any atom is -0.495 e. The first kappa shape index (κ1) is 24.2. The molecule has 2 aromatic carbocycles. The summed E-state index contributed by atoms with van der Waals surface area (Å²) in [6.07, 6.45) is 5.85. The van der Waals surface area contributed by atoms with Crippen LogP contribution >= 0.6 is 0 Å². The molecule has 3 N–H and O–H groups in total. The van der Waals surface area contributed by atoms with Crippen molar-refractivity contribution in [3.63, 3.8) is 0 Å². The summed E-state index contributed by atoms with van der Waals surface area (Å²) in [7, 11) is 1.53. The maximum absolute atomic E-state index is 12.6. The summed E-state index contributed by atoms with van der Waals surface area (Å²) in [5.41, 5.74) is 0.651. The third-order valence-corrected chi connectivity index (χ3v) is 6.27. The molecule has 10 nitrogen and oxygen atoms in total. The fraction of sp³-hybridized carbons (Fsp3) is 0.400. The average Bonchev–Trinajstić information content (AvgIpc) is 3.39. The summed E-state index contributed by atoms with van der Waals surface area (Å²) in [5, 5.41) is 9.13. The molecule has 1 amide bonds. The Morgan fingerprint density at radius 1 is 1.09 bits per heavy atom. The number of rotatable bonds is 10. The van der Waals surface area contributed by atoms with Crippen LogP contribution in [0, 0.1) is 0 Å². The van der Waals surface area contributed by atoms with E-state index in [1.807, 2.05) is 18.7 Å². The molecule has 3 aromatic rings. The van der Waals surface area contributed by atoms with Gasteiger partial charge in [0.05, 0.1) is 12.8 Å². The number of hydrogen-bond donors (Lipinski definition) is 3. The monoisotopic (exact) mass is 478 g/mol. The summed E-state index contributed by atoms with van der Waals surface area (Å²) < 4.78 is 5.48. The van der Waals surface area contributed by atoms with Gasteiger partial charge in [-0.15, -0.1) is 0 Å². The molecule has 0 spiro atoms. The highest BCUT2D eigenvalue weighted by atomic mass is 16.5. The van der Waals surface area contributed by atoms with E-state index in [9.17, 15) is 14.4 Å². The molecule has 1 aliphatic rings. The van der Waals surface area contributed by atoms with Gasteiger partial charge in [0.25, 0.3) is 16.8 Å². The fourth-order valence-corrected chi connectivity index (χ4v) is 4.35. The highest BCUT2D eigenvalue weighted by molar-refractivity contribution is 5.95. The minimum atomic E-state index is -0.562. The molecule has 1 saturated carbocycles. The van der Waals surface area contributed by atoms with E-state index in [-0.39, 0.29) is 23.6 Å².